The Balaban J connectivity index is 1.65. The topological polar surface area (TPSA) is 67.4 Å². The van der Waals surface area contributed by atoms with Gasteiger partial charge in [-0.15, -0.1) is 0 Å². The quantitative estimate of drug-likeness (QED) is 0.648. The predicted octanol–water partition coefficient (Wildman–Crippen LogP) is 3.58. The molecule has 0 unspecified atom stereocenters. The molecule has 0 aromatic heterocycles. The van der Waals surface area contributed by atoms with Crippen molar-refractivity contribution in [3.05, 3.63) is 96.1 Å². The minimum atomic E-state index is -0.704. The molecular weight excluding hydrogens is 352 g/mol. The van der Waals surface area contributed by atoms with Crippen molar-refractivity contribution in [2.45, 2.75) is 5.92 Å². The van der Waals surface area contributed by atoms with E-state index in [-0.39, 0.29) is 5.92 Å². The molecule has 3 aromatic rings. The van der Waals surface area contributed by atoms with Crippen molar-refractivity contribution in [2.24, 2.45) is 0 Å². The van der Waals surface area contributed by atoms with Crippen molar-refractivity contribution in [1.82, 2.24) is 5.32 Å². The van der Waals surface area contributed by atoms with Crippen LogP contribution in [0.3, 0.4) is 0 Å². The summed E-state index contributed by atoms with van der Waals surface area (Å²) in [5, 5.41) is 5.34. The lowest BCUT2D eigenvalue weighted by Crippen LogP contribution is -2.37. The highest BCUT2D eigenvalue weighted by molar-refractivity contribution is 6.39. The standard InChI is InChI=1S/C23H22N2O3/c1-28-20-14-12-19(13-15-20)25-23(27)22(26)24-16-21(17-8-4-2-5-9-17)18-10-6-3-7-11-18/h2-15,21H,16H2,1H3,(H,24,26)(H,25,27). The SMILES string of the molecule is COc1ccc(NC(=O)C(=O)NCC(c2ccccc2)c2ccccc2)cc1. The number of amides is 2. The summed E-state index contributed by atoms with van der Waals surface area (Å²) in [6, 6.07) is 26.6. The van der Waals surface area contributed by atoms with Gasteiger partial charge in [0, 0.05) is 18.2 Å². The van der Waals surface area contributed by atoms with E-state index >= 15 is 0 Å². The minimum absolute atomic E-state index is 0.0415. The molecule has 5 heteroatoms. The maximum absolute atomic E-state index is 12.3. The summed E-state index contributed by atoms with van der Waals surface area (Å²) >= 11 is 0. The van der Waals surface area contributed by atoms with Crippen LogP contribution in [-0.2, 0) is 9.59 Å². The van der Waals surface area contributed by atoms with Gasteiger partial charge in [0.15, 0.2) is 0 Å². The van der Waals surface area contributed by atoms with Crippen LogP contribution in [0, 0.1) is 0 Å². The fourth-order valence-electron chi connectivity index (χ4n) is 2.94. The monoisotopic (exact) mass is 374 g/mol. The summed E-state index contributed by atoms with van der Waals surface area (Å²) in [6.45, 7) is 0.322. The molecule has 0 atom stereocenters. The first kappa shape index (κ1) is 19.2. The average Bonchev–Trinajstić information content (AvgIpc) is 2.76. The van der Waals surface area contributed by atoms with Gasteiger partial charge >= 0.3 is 11.8 Å². The molecule has 0 saturated heterocycles. The van der Waals surface area contributed by atoms with Gasteiger partial charge in [-0.2, -0.15) is 0 Å². The number of ether oxygens (including phenoxy) is 1. The van der Waals surface area contributed by atoms with Gasteiger partial charge < -0.3 is 15.4 Å². The van der Waals surface area contributed by atoms with Crippen LogP contribution in [0.5, 0.6) is 5.75 Å². The molecule has 0 bridgehead atoms. The molecule has 0 spiro atoms. The first-order valence-corrected chi connectivity index (χ1v) is 9.00. The normalized spacial score (nSPS) is 10.4. The van der Waals surface area contributed by atoms with E-state index in [2.05, 4.69) is 10.6 Å². The Morgan fingerprint density at radius 2 is 1.32 bits per heavy atom. The summed E-state index contributed by atoms with van der Waals surface area (Å²) in [7, 11) is 1.57. The molecule has 2 N–H and O–H groups in total. The van der Waals surface area contributed by atoms with Crippen LogP contribution in [0.15, 0.2) is 84.9 Å². The van der Waals surface area contributed by atoms with Crippen molar-refractivity contribution >= 4 is 17.5 Å². The van der Waals surface area contributed by atoms with E-state index in [1.807, 2.05) is 60.7 Å². The van der Waals surface area contributed by atoms with Crippen molar-refractivity contribution in [2.75, 3.05) is 19.0 Å². The third-order valence-corrected chi connectivity index (χ3v) is 4.42. The second-order valence-corrected chi connectivity index (χ2v) is 6.27. The summed E-state index contributed by atoms with van der Waals surface area (Å²) in [5.41, 5.74) is 2.68. The Kier molecular flexibility index (Phi) is 6.41. The van der Waals surface area contributed by atoms with Crippen molar-refractivity contribution in [3.8, 4) is 5.75 Å². The Morgan fingerprint density at radius 3 is 1.82 bits per heavy atom. The number of carbonyl (C=O) groups is 2. The van der Waals surface area contributed by atoms with Crippen LogP contribution >= 0.6 is 0 Å². The Labute approximate surface area is 164 Å². The fourth-order valence-corrected chi connectivity index (χ4v) is 2.94. The highest BCUT2D eigenvalue weighted by Crippen LogP contribution is 2.23. The number of benzene rings is 3. The van der Waals surface area contributed by atoms with Gasteiger partial charge in [0.2, 0.25) is 0 Å². The van der Waals surface area contributed by atoms with Crippen LogP contribution < -0.4 is 15.4 Å². The molecule has 0 radical (unpaired) electrons. The Morgan fingerprint density at radius 1 is 0.786 bits per heavy atom. The molecule has 5 nitrogen and oxygen atoms in total. The van der Waals surface area contributed by atoms with E-state index in [0.29, 0.717) is 18.0 Å². The number of nitrogens with one attached hydrogen (secondary N) is 2. The van der Waals surface area contributed by atoms with Gasteiger partial charge in [0.25, 0.3) is 0 Å². The smallest absolute Gasteiger partial charge is 0.313 e. The molecule has 0 saturated carbocycles. The number of carbonyl (C=O) groups excluding carboxylic acids is 2. The van der Waals surface area contributed by atoms with E-state index in [0.717, 1.165) is 11.1 Å². The van der Waals surface area contributed by atoms with Gasteiger partial charge in [-0.3, -0.25) is 9.59 Å². The van der Waals surface area contributed by atoms with E-state index in [9.17, 15) is 9.59 Å². The molecule has 28 heavy (non-hydrogen) atoms. The van der Waals surface area contributed by atoms with Crippen molar-refractivity contribution < 1.29 is 14.3 Å². The molecule has 3 aromatic carbocycles. The summed E-state index contributed by atoms with van der Waals surface area (Å²) < 4.78 is 5.08. The number of anilines is 1. The molecule has 0 fully saturated rings. The average molecular weight is 374 g/mol. The zero-order valence-electron chi connectivity index (χ0n) is 15.6. The molecule has 0 aliphatic carbocycles. The predicted molar refractivity (Wildman–Crippen MR) is 109 cm³/mol. The number of methoxy groups -OCH3 is 1. The number of hydrogen-bond acceptors (Lipinski definition) is 3. The zero-order valence-corrected chi connectivity index (χ0v) is 15.6. The Bertz CT molecular complexity index is 870. The highest BCUT2D eigenvalue weighted by atomic mass is 16.5. The minimum Gasteiger partial charge on any atom is -0.497 e. The summed E-state index contributed by atoms with van der Waals surface area (Å²) in [4.78, 5) is 24.5. The van der Waals surface area contributed by atoms with E-state index < -0.39 is 11.8 Å². The van der Waals surface area contributed by atoms with Gasteiger partial charge in [-0.05, 0) is 35.4 Å². The van der Waals surface area contributed by atoms with E-state index in [1.165, 1.54) is 0 Å². The van der Waals surface area contributed by atoms with E-state index in [1.54, 1.807) is 31.4 Å². The number of hydrogen-bond donors (Lipinski definition) is 2. The largest absolute Gasteiger partial charge is 0.497 e. The first-order chi connectivity index (χ1) is 13.7. The fraction of sp³-hybridized carbons (Fsp3) is 0.130. The zero-order chi connectivity index (χ0) is 19.8. The molecule has 3 rings (SSSR count). The molecule has 0 heterocycles. The second kappa shape index (κ2) is 9.37. The molecule has 142 valence electrons. The maximum atomic E-state index is 12.3. The van der Waals surface area contributed by atoms with Gasteiger partial charge in [-0.25, -0.2) is 0 Å². The van der Waals surface area contributed by atoms with Crippen LogP contribution in [0.4, 0.5) is 5.69 Å². The van der Waals surface area contributed by atoms with Gasteiger partial charge in [0.1, 0.15) is 5.75 Å². The molecule has 2 amide bonds. The number of rotatable bonds is 6. The van der Waals surface area contributed by atoms with Crippen LogP contribution in [0.1, 0.15) is 17.0 Å². The lowest BCUT2D eigenvalue weighted by Gasteiger charge is -2.18. The lowest BCUT2D eigenvalue weighted by molar-refractivity contribution is -0.136. The highest BCUT2D eigenvalue weighted by Gasteiger charge is 2.18. The second-order valence-electron chi connectivity index (χ2n) is 6.27. The summed E-state index contributed by atoms with van der Waals surface area (Å²) in [5.74, 6) is -0.742. The lowest BCUT2D eigenvalue weighted by atomic mass is 9.91. The maximum Gasteiger partial charge on any atom is 0.313 e. The Hall–Kier alpha value is -3.60. The molecule has 0 aliphatic rings. The van der Waals surface area contributed by atoms with Crippen LogP contribution in [0.25, 0.3) is 0 Å². The van der Waals surface area contributed by atoms with Crippen molar-refractivity contribution in [1.29, 1.82) is 0 Å². The molecule has 0 aliphatic heterocycles. The summed E-state index contributed by atoms with van der Waals surface area (Å²) in [6.07, 6.45) is 0. The van der Waals surface area contributed by atoms with Crippen LogP contribution in [-0.4, -0.2) is 25.5 Å². The third-order valence-electron chi connectivity index (χ3n) is 4.42. The van der Waals surface area contributed by atoms with Gasteiger partial charge in [-0.1, -0.05) is 60.7 Å². The first-order valence-electron chi connectivity index (χ1n) is 9.00. The van der Waals surface area contributed by atoms with Crippen molar-refractivity contribution in [3.63, 3.8) is 0 Å². The van der Waals surface area contributed by atoms with Gasteiger partial charge in [0.05, 0.1) is 7.11 Å². The third kappa shape index (κ3) is 4.98. The van der Waals surface area contributed by atoms with E-state index in [4.69, 9.17) is 4.74 Å². The van der Waals surface area contributed by atoms with Crippen LogP contribution in [0.2, 0.25) is 0 Å². The molecular formula is C23H22N2O3.